The Balaban J connectivity index is 1.56. The standard InChI is InChI=1S/C44H26O/c1-3-14-29-27(12-1)24-25-32-31(29)21-11-22-33(32)41-34-16-5-7-18-36(34)42(37-19-8-6-17-35(37)41)44-30-15-4-2-13-28(30)26-40-43(44)38-20-9-10-23-39(38)45-40/h1-26H/i5D,6D,7D,8D,16D,17D,18D,19D. The average Bonchev–Trinajstić information content (AvgIpc) is 3.56. The maximum absolute atomic E-state index is 9.58. The van der Waals surface area contributed by atoms with Gasteiger partial charge in [-0.3, -0.25) is 0 Å². The Morgan fingerprint density at radius 3 is 1.73 bits per heavy atom. The molecule has 0 saturated heterocycles. The van der Waals surface area contributed by atoms with Crippen molar-refractivity contribution < 1.29 is 15.4 Å². The summed E-state index contributed by atoms with van der Waals surface area (Å²) in [5, 5.41) is 7.43. The van der Waals surface area contributed by atoms with Gasteiger partial charge in [-0.25, -0.2) is 0 Å². The first-order valence-corrected chi connectivity index (χ1v) is 14.9. The van der Waals surface area contributed by atoms with Crippen LogP contribution in [0.25, 0.3) is 98.1 Å². The van der Waals surface area contributed by atoms with Crippen molar-refractivity contribution in [2.24, 2.45) is 0 Å². The Morgan fingerprint density at radius 1 is 0.378 bits per heavy atom. The molecule has 1 heterocycles. The number of hydrogen-bond donors (Lipinski definition) is 0. The van der Waals surface area contributed by atoms with Crippen LogP contribution >= 0.6 is 0 Å². The molecule has 0 bridgehead atoms. The van der Waals surface area contributed by atoms with E-state index >= 15 is 0 Å². The van der Waals surface area contributed by atoms with Gasteiger partial charge in [0, 0.05) is 16.3 Å². The van der Waals surface area contributed by atoms with E-state index in [0.29, 0.717) is 38.8 Å². The molecule has 45 heavy (non-hydrogen) atoms. The maximum atomic E-state index is 9.58. The molecule has 0 aliphatic heterocycles. The molecule has 0 unspecified atom stereocenters. The van der Waals surface area contributed by atoms with Crippen LogP contribution in [0.1, 0.15) is 11.0 Å². The summed E-state index contributed by atoms with van der Waals surface area (Å²) in [6.07, 6.45) is 0. The molecule has 1 aromatic heterocycles. The zero-order valence-corrected chi connectivity index (χ0v) is 23.8. The third-order valence-electron chi connectivity index (χ3n) is 9.07. The van der Waals surface area contributed by atoms with E-state index < -0.39 is 24.2 Å². The molecule has 0 spiro atoms. The number of fused-ring (bicyclic) bond motifs is 9. The highest BCUT2D eigenvalue weighted by molar-refractivity contribution is 6.31. The number of benzene rings is 9. The van der Waals surface area contributed by atoms with Crippen molar-refractivity contribution in [3.05, 3.63) is 158 Å². The quantitative estimate of drug-likeness (QED) is 0.147. The van der Waals surface area contributed by atoms with Gasteiger partial charge in [0.25, 0.3) is 0 Å². The summed E-state index contributed by atoms with van der Waals surface area (Å²) in [6.45, 7) is 0. The van der Waals surface area contributed by atoms with Crippen molar-refractivity contribution in [1.82, 2.24) is 0 Å². The molecular formula is C44H26O. The maximum Gasteiger partial charge on any atom is 0.136 e. The number of furan rings is 1. The smallest absolute Gasteiger partial charge is 0.136 e. The number of para-hydroxylation sites is 1. The minimum Gasteiger partial charge on any atom is -0.456 e. The highest BCUT2D eigenvalue weighted by Gasteiger charge is 2.23. The summed E-state index contributed by atoms with van der Waals surface area (Å²) >= 11 is 0. The lowest BCUT2D eigenvalue weighted by Gasteiger charge is -2.20. The van der Waals surface area contributed by atoms with Crippen LogP contribution in [0.5, 0.6) is 0 Å². The van der Waals surface area contributed by atoms with E-state index in [1.807, 2.05) is 109 Å². The van der Waals surface area contributed by atoms with Crippen LogP contribution in [0.2, 0.25) is 0 Å². The molecule has 10 aromatic rings. The molecule has 0 aliphatic carbocycles. The van der Waals surface area contributed by atoms with Crippen LogP contribution in [-0.2, 0) is 0 Å². The van der Waals surface area contributed by atoms with Crippen molar-refractivity contribution in [1.29, 1.82) is 0 Å². The lowest BCUT2D eigenvalue weighted by molar-refractivity contribution is 0.669. The Labute approximate surface area is 270 Å². The summed E-state index contributed by atoms with van der Waals surface area (Å²) in [5.41, 5.74) is 2.97. The fraction of sp³-hybridized carbons (Fsp3) is 0. The van der Waals surface area contributed by atoms with Gasteiger partial charge in [-0.15, -0.1) is 0 Å². The molecule has 10 rings (SSSR count). The number of hydrogen-bond acceptors (Lipinski definition) is 1. The molecule has 0 fully saturated rings. The van der Waals surface area contributed by atoms with E-state index in [9.17, 15) is 5.48 Å². The molecule has 0 atom stereocenters. The zero-order chi connectivity index (χ0) is 36.4. The normalized spacial score (nSPS) is 14.5. The minimum absolute atomic E-state index is 0.171. The fourth-order valence-electron chi connectivity index (χ4n) is 7.21. The van der Waals surface area contributed by atoms with Crippen LogP contribution in [0.15, 0.2) is 162 Å². The van der Waals surface area contributed by atoms with Gasteiger partial charge in [0.05, 0.1) is 11.0 Å². The van der Waals surface area contributed by atoms with Gasteiger partial charge >= 0.3 is 0 Å². The molecule has 1 heteroatoms. The highest BCUT2D eigenvalue weighted by Crippen LogP contribution is 2.50. The summed E-state index contributed by atoms with van der Waals surface area (Å²) < 4.78 is 80.4. The van der Waals surface area contributed by atoms with Crippen molar-refractivity contribution >= 4 is 75.8 Å². The van der Waals surface area contributed by atoms with Gasteiger partial charge in [0.2, 0.25) is 0 Å². The summed E-state index contributed by atoms with van der Waals surface area (Å²) in [4.78, 5) is 0. The highest BCUT2D eigenvalue weighted by atomic mass is 16.3. The molecule has 0 saturated carbocycles. The lowest BCUT2D eigenvalue weighted by atomic mass is 9.82. The second kappa shape index (κ2) is 9.29. The number of rotatable bonds is 2. The summed E-state index contributed by atoms with van der Waals surface area (Å²) in [5.74, 6) is 0. The predicted octanol–water partition coefficient (Wildman–Crippen LogP) is 12.7. The third kappa shape index (κ3) is 3.44. The SMILES string of the molecule is [2H]c1c([2H])c([2H])c2c(-c3c4ccccc4cc4oc5ccccc5c34)c3c([2H])c([2H])c([2H])c([2H])c3c(-c3cccc4c3ccc3ccccc34)c2c1[2H]. The van der Waals surface area contributed by atoms with Crippen molar-refractivity contribution in [3.63, 3.8) is 0 Å². The Bertz CT molecular complexity index is 3190. The molecule has 208 valence electrons. The minimum atomic E-state index is -0.438. The largest absolute Gasteiger partial charge is 0.456 e. The van der Waals surface area contributed by atoms with Crippen molar-refractivity contribution in [3.8, 4) is 22.3 Å². The Kier molecular flexibility index (Phi) is 3.72. The van der Waals surface area contributed by atoms with Gasteiger partial charge in [-0.1, -0.05) is 145 Å². The van der Waals surface area contributed by atoms with Crippen molar-refractivity contribution in [2.45, 2.75) is 0 Å². The lowest BCUT2D eigenvalue weighted by Crippen LogP contribution is -1.93. The van der Waals surface area contributed by atoms with Crippen LogP contribution in [0, 0.1) is 0 Å². The molecule has 0 amide bonds. The second-order valence-corrected chi connectivity index (χ2v) is 11.4. The summed E-state index contributed by atoms with van der Waals surface area (Å²) in [7, 11) is 0. The monoisotopic (exact) mass is 578 g/mol. The van der Waals surface area contributed by atoms with E-state index in [1.165, 1.54) is 0 Å². The molecular weight excluding hydrogens is 544 g/mol. The second-order valence-electron chi connectivity index (χ2n) is 11.4. The van der Waals surface area contributed by atoms with Crippen molar-refractivity contribution in [2.75, 3.05) is 0 Å². The molecule has 0 radical (unpaired) electrons. The van der Waals surface area contributed by atoms with E-state index in [0.717, 1.165) is 37.7 Å². The van der Waals surface area contributed by atoms with Crippen LogP contribution in [0.3, 0.4) is 0 Å². The van der Waals surface area contributed by atoms with Crippen LogP contribution in [-0.4, -0.2) is 0 Å². The van der Waals surface area contributed by atoms with Crippen LogP contribution < -0.4 is 0 Å². The molecule has 1 nitrogen and oxygen atoms in total. The predicted molar refractivity (Wildman–Crippen MR) is 192 cm³/mol. The first kappa shape index (κ1) is 18.0. The fourth-order valence-corrected chi connectivity index (χ4v) is 7.21. The van der Waals surface area contributed by atoms with Gasteiger partial charge in [0.1, 0.15) is 11.2 Å². The van der Waals surface area contributed by atoms with E-state index in [1.54, 1.807) is 0 Å². The summed E-state index contributed by atoms with van der Waals surface area (Å²) in [6, 6.07) is 32.0. The Morgan fingerprint density at radius 2 is 0.978 bits per heavy atom. The van der Waals surface area contributed by atoms with E-state index in [-0.39, 0.29) is 45.7 Å². The first-order chi connectivity index (χ1) is 25.7. The topological polar surface area (TPSA) is 13.1 Å². The molecule has 0 N–H and O–H groups in total. The average molecular weight is 579 g/mol. The van der Waals surface area contributed by atoms with Crippen LogP contribution in [0.4, 0.5) is 0 Å². The van der Waals surface area contributed by atoms with E-state index in [4.69, 9.17) is 9.90 Å². The molecule has 9 aromatic carbocycles. The van der Waals surface area contributed by atoms with Gasteiger partial charge in [0.15, 0.2) is 0 Å². The molecule has 0 aliphatic rings. The van der Waals surface area contributed by atoms with Gasteiger partial charge in [-0.05, 0) is 82.7 Å². The van der Waals surface area contributed by atoms with Gasteiger partial charge < -0.3 is 4.42 Å². The third-order valence-corrected chi connectivity index (χ3v) is 9.07. The van der Waals surface area contributed by atoms with E-state index in [2.05, 4.69) is 0 Å². The van der Waals surface area contributed by atoms with Gasteiger partial charge in [-0.2, -0.15) is 0 Å². The Hall–Kier alpha value is -5.92. The first-order valence-electron chi connectivity index (χ1n) is 18.9. The zero-order valence-electron chi connectivity index (χ0n) is 31.8.